The van der Waals surface area contributed by atoms with Crippen LogP contribution in [0.15, 0.2) is 0 Å². The number of likely N-dealkylation sites (N-methyl/N-ethyl adjacent to an activating group) is 2. The Morgan fingerprint density at radius 1 is 0.914 bits per heavy atom. The van der Waals surface area contributed by atoms with Gasteiger partial charge >= 0.3 is 12.4 Å². The van der Waals surface area contributed by atoms with Gasteiger partial charge in [-0.3, -0.25) is 9.69 Å². The number of piperazine rings is 1. The second kappa shape index (κ2) is 11.2. The van der Waals surface area contributed by atoms with E-state index < -0.39 is 36.5 Å². The molecule has 0 N–H and O–H groups in total. The Morgan fingerprint density at radius 3 is 1.91 bits per heavy atom. The molecule has 35 heavy (non-hydrogen) atoms. The summed E-state index contributed by atoms with van der Waals surface area (Å²) in [4.78, 5) is 17.5. The van der Waals surface area contributed by atoms with Crippen molar-refractivity contribution in [3.05, 3.63) is 0 Å². The molecule has 2 saturated carbocycles. The molecule has 204 valence electrons. The molecule has 3 rings (SSSR count). The highest BCUT2D eigenvalue weighted by atomic mass is 19.4. The molecule has 0 spiro atoms. The molecule has 3 fully saturated rings. The Kier molecular flexibility index (Phi) is 9.09. The van der Waals surface area contributed by atoms with Gasteiger partial charge in [0.25, 0.3) is 0 Å². The van der Waals surface area contributed by atoms with Gasteiger partial charge in [-0.15, -0.1) is 0 Å². The third kappa shape index (κ3) is 7.73. The molecule has 0 aromatic rings. The number of hydrogen-bond acceptors (Lipinski definition) is 2. The average Bonchev–Trinajstić information content (AvgIpc) is 2.78. The van der Waals surface area contributed by atoms with Crippen molar-refractivity contribution in [3.63, 3.8) is 0 Å². The summed E-state index contributed by atoms with van der Waals surface area (Å²) in [7, 11) is 6.01. The van der Waals surface area contributed by atoms with E-state index in [0.29, 0.717) is 0 Å². The predicted octanol–water partition coefficient (Wildman–Crippen LogP) is 5.33. The predicted molar refractivity (Wildman–Crippen MR) is 122 cm³/mol. The molecule has 0 aromatic heterocycles. The SMILES string of the molecule is CN(CCC1CC(C(F)(F)F)CC(C(F)(F)F)C1)C(=O)C(C1CCCCC1)N1CC[N+](C)(C)CC1. The van der Waals surface area contributed by atoms with Gasteiger partial charge in [-0.25, -0.2) is 0 Å². The van der Waals surface area contributed by atoms with Crippen LogP contribution in [0.3, 0.4) is 0 Å². The molecule has 1 saturated heterocycles. The van der Waals surface area contributed by atoms with Crippen LogP contribution >= 0.6 is 0 Å². The zero-order chi connectivity index (χ0) is 26.0. The quantitative estimate of drug-likeness (QED) is 0.353. The first-order valence-corrected chi connectivity index (χ1v) is 13.1. The molecule has 0 aromatic carbocycles. The molecule has 1 amide bonds. The van der Waals surface area contributed by atoms with Gasteiger partial charge in [0.15, 0.2) is 0 Å². The third-order valence-corrected chi connectivity index (χ3v) is 8.71. The molecule has 10 heteroatoms. The van der Waals surface area contributed by atoms with Gasteiger partial charge in [0, 0.05) is 26.7 Å². The molecule has 3 aliphatic rings. The fourth-order valence-electron chi connectivity index (χ4n) is 6.33. The lowest BCUT2D eigenvalue weighted by atomic mass is 9.73. The van der Waals surface area contributed by atoms with Crippen molar-refractivity contribution < 1.29 is 35.6 Å². The van der Waals surface area contributed by atoms with Crippen LogP contribution in [0.1, 0.15) is 57.8 Å². The molecule has 1 aliphatic heterocycles. The number of nitrogens with zero attached hydrogens (tertiary/aromatic N) is 3. The van der Waals surface area contributed by atoms with E-state index in [1.165, 1.54) is 6.42 Å². The molecule has 1 heterocycles. The van der Waals surface area contributed by atoms with Crippen LogP contribution in [-0.2, 0) is 4.79 Å². The number of halogens is 6. The number of quaternary nitrogens is 1. The topological polar surface area (TPSA) is 23.6 Å². The fraction of sp³-hybridized carbons (Fsp3) is 0.960. The summed E-state index contributed by atoms with van der Waals surface area (Å²) in [6.45, 7) is 3.71. The lowest BCUT2D eigenvalue weighted by Gasteiger charge is -2.45. The fourth-order valence-corrected chi connectivity index (χ4v) is 6.33. The number of carbonyl (C=O) groups is 1. The van der Waals surface area contributed by atoms with Crippen molar-refractivity contribution >= 4 is 5.91 Å². The van der Waals surface area contributed by atoms with Gasteiger partial charge in [0.2, 0.25) is 5.91 Å². The molecule has 0 radical (unpaired) electrons. The maximum absolute atomic E-state index is 13.6. The van der Waals surface area contributed by atoms with Crippen molar-refractivity contribution in [2.24, 2.45) is 23.7 Å². The minimum Gasteiger partial charge on any atom is -0.344 e. The van der Waals surface area contributed by atoms with E-state index in [9.17, 15) is 31.1 Å². The minimum absolute atomic E-state index is 0.0281. The van der Waals surface area contributed by atoms with E-state index in [1.54, 1.807) is 11.9 Å². The van der Waals surface area contributed by atoms with Crippen molar-refractivity contribution in [1.29, 1.82) is 0 Å². The highest BCUT2D eigenvalue weighted by Crippen LogP contribution is 2.48. The lowest BCUT2D eigenvalue weighted by Crippen LogP contribution is -2.61. The van der Waals surface area contributed by atoms with Crippen LogP contribution in [0.25, 0.3) is 0 Å². The summed E-state index contributed by atoms with van der Waals surface area (Å²) in [5.74, 6) is -4.33. The van der Waals surface area contributed by atoms with Gasteiger partial charge < -0.3 is 9.38 Å². The van der Waals surface area contributed by atoms with Crippen LogP contribution in [0, 0.1) is 23.7 Å². The number of alkyl halides is 6. The maximum Gasteiger partial charge on any atom is 0.391 e. The normalized spacial score (nSPS) is 30.1. The Morgan fingerprint density at radius 2 is 1.43 bits per heavy atom. The van der Waals surface area contributed by atoms with E-state index >= 15 is 0 Å². The largest absolute Gasteiger partial charge is 0.391 e. The number of hydrogen-bond donors (Lipinski definition) is 0. The molecule has 0 bridgehead atoms. The highest BCUT2D eigenvalue weighted by Gasteiger charge is 2.51. The number of carbonyl (C=O) groups excluding carboxylic acids is 1. The highest BCUT2D eigenvalue weighted by molar-refractivity contribution is 5.82. The van der Waals surface area contributed by atoms with Crippen LogP contribution in [0.4, 0.5) is 26.3 Å². The van der Waals surface area contributed by atoms with Crippen molar-refractivity contribution in [2.75, 3.05) is 53.9 Å². The Bertz CT molecular complexity index is 672. The van der Waals surface area contributed by atoms with Crippen LogP contribution in [-0.4, -0.2) is 92.5 Å². The summed E-state index contributed by atoms with van der Waals surface area (Å²) >= 11 is 0. The van der Waals surface area contributed by atoms with E-state index in [4.69, 9.17) is 0 Å². The van der Waals surface area contributed by atoms with Crippen LogP contribution in [0.2, 0.25) is 0 Å². The minimum atomic E-state index is -4.63. The number of rotatable bonds is 6. The third-order valence-electron chi connectivity index (χ3n) is 8.71. The average molecular weight is 515 g/mol. The first-order chi connectivity index (χ1) is 16.2. The first kappa shape index (κ1) is 28.5. The second-order valence-electron chi connectivity index (χ2n) is 11.9. The Balaban J connectivity index is 1.65. The van der Waals surface area contributed by atoms with Crippen LogP contribution in [0.5, 0.6) is 0 Å². The van der Waals surface area contributed by atoms with Gasteiger partial charge in [-0.1, -0.05) is 19.3 Å². The standard InChI is InChI=1S/C25H42F6N3O/c1-32(10-9-18-15-20(24(26,27)28)17-21(16-18)25(29,30)31)23(35)22(19-7-5-4-6-8-19)33-11-13-34(2,3)14-12-33/h18-22H,4-17H2,1-3H3/q+1. The van der Waals surface area contributed by atoms with Crippen molar-refractivity contribution in [2.45, 2.75) is 76.2 Å². The Hall–Kier alpha value is -1.03. The van der Waals surface area contributed by atoms with Crippen molar-refractivity contribution in [3.8, 4) is 0 Å². The zero-order valence-electron chi connectivity index (χ0n) is 21.3. The van der Waals surface area contributed by atoms with Gasteiger partial charge in [0.1, 0.15) is 0 Å². The lowest BCUT2D eigenvalue weighted by molar-refractivity contribution is -0.894. The molecule has 2 aliphatic carbocycles. The monoisotopic (exact) mass is 514 g/mol. The van der Waals surface area contributed by atoms with Gasteiger partial charge in [-0.05, 0) is 50.4 Å². The summed E-state index contributed by atoms with van der Waals surface area (Å²) < 4.78 is 80.9. The smallest absolute Gasteiger partial charge is 0.344 e. The van der Waals surface area contributed by atoms with E-state index in [1.807, 2.05) is 0 Å². The summed E-state index contributed by atoms with van der Waals surface area (Å²) in [6, 6.07) is -0.252. The summed E-state index contributed by atoms with van der Waals surface area (Å²) in [5, 5.41) is 0. The molecule has 3 atom stereocenters. The van der Waals surface area contributed by atoms with Gasteiger partial charge in [-0.2, -0.15) is 26.3 Å². The maximum atomic E-state index is 13.6. The van der Waals surface area contributed by atoms with E-state index in [2.05, 4.69) is 19.0 Å². The first-order valence-electron chi connectivity index (χ1n) is 13.1. The second-order valence-corrected chi connectivity index (χ2v) is 11.9. The van der Waals surface area contributed by atoms with E-state index in [-0.39, 0.29) is 43.7 Å². The molecule has 4 nitrogen and oxygen atoms in total. The van der Waals surface area contributed by atoms with Crippen LogP contribution < -0.4 is 0 Å². The Labute approximate surface area is 205 Å². The summed E-state index contributed by atoms with van der Waals surface area (Å²) in [6.07, 6.45) is -5.22. The molecular weight excluding hydrogens is 472 g/mol. The van der Waals surface area contributed by atoms with Crippen molar-refractivity contribution in [1.82, 2.24) is 9.80 Å². The molecular formula is C25H42F6N3O+. The summed E-state index contributed by atoms with van der Waals surface area (Å²) in [5.41, 5.74) is 0. The van der Waals surface area contributed by atoms with E-state index in [0.717, 1.165) is 56.3 Å². The zero-order valence-corrected chi connectivity index (χ0v) is 21.3. The van der Waals surface area contributed by atoms with Gasteiger partial charge in [0.05, 0.1) is 45.1 Å². The number of amides is 1. The molecule has 3 unspecified atom stereocenters.